The molecule has 0 saturated carbocycles. The molecule has 1 aromatic carbocycles. The Hall–Kier alpha value is -1.57. The summed E-state index contributed by atoms with van der Waals surface area (Å²) in [5, 5.41) is 14.1. The number of hydrogen-bond donors (Lipinski definition) is 1. The second kappa shape index (κ2) is 6.39. The van der Waals surface area contributed by atoms with Crippen LogP contribution >= 0.6 is 11.6 Å². The van der Waals surface area contributed by atoms with E-state index in [0.717, 1.165) is 5.56 Å². The van der Waals surface area contributed by atoms with E-state index in [1.165, 1.54) is 12.1 Å². The van der Waals surface area contributed by atoms with E-state index < -0.39 is 4.92 Å². The van der Waals surface area contributed by atoms with E-state index in [9.17, 15) is 10.1 Å². The zero-order chi connectivity index (χ0) is 13.7. The highest BCUT2D eigenvalue weighted by molar-refractivity contribution is 6.32. The van der Waals surface area contributed by atoms with Crippen LogP contribution in [-0.2, 0) is 6.54 Å². The molecule has 18 heavy (non-hydrogen) atoms. The van der Waals surface area contributed by atoms with Gasteiger partial charge in [0.1, 0.15) is 5.02 Å². The molecule has 1 aromatic rings. The minimum Gasteiger partial charge on any atom is -0.299 e. The number of nitrogens with one attached hydrogen (secondary N) is 1. The average molecular weight is 267 g/mol. The van der Waals surface area contributed by atoms with Gasteiger partial charge in [0.05, 0.1) is 11.0 Å². The van der Waals surface area contributed by atoms with Crippen LogP contribution in [0.5, 0.6) is 0 Å². The smallest absolute Gasteiger partial charge is 0.288 e. The van der Waals surface area contributed by atoms with E-state index in [1.807, 2.05) is 13.8 Å². The maximum absolute atomic E-state index is 10.7. The van der Waals surface area contributed by atoms with Gasteiger partial charge in [0.25, 0.3) is 5.69 Å². The van der Waals surface area contributed by atoms with Gasteiger partial charge in [0.15, 0.2) is 0 Å². The number of nitrogens with zero attached hydrogens (tertiary/aromatic N) is 1. The summed E-state index contributed by atoms with van der Waals surface area (Å²) in [4.78, 5) is 10.3. The third kappa shape index (κ3) is 3.73. The zero-order valence-electron chi connectivity index (χ0n) is 10.3. The van der Waals surface area contributed by atoms with E-state index in [4.69, 9.17) is 18.0 Å². The van der Waals surface area contributed by atoms with Gasteiger partial charge in [-0.1, -0.05) is 37.4 Å². The molecule has 0 amide bonds. The van der Waals surface area contributed by atoms with Gasteiger partial charge >= 0.3 is 0 Å². The summed E-state index contributed by atoms with van der Waals surface area (Å²) in [5.74, 6) is 2.95. The Labute approximate surface area is 111 Å². The molecule has 4 nitrogen and oxygen atoms in total. The van der Waals surface area contributed by atoms with Gasteiger partial charge in [-0.05, 0) is 17.5 Å². The van der Waals surface area contributed by atoms with Crippen molar-refractivity contribution in [1.82, 2.24) is 5.32 Å². The maximum atomic E-state index is 10.7. The standard InChI is InChI=1S/C13H15ClN2O2/c1-4-12(9(2)3)15-8-10-5-6-11(14)13(7-10)16(17)18/h1,5-7,9,12,15H,8H2,2-3H3. The number of hydrogen-bond acceptors (Lipinski definition) is 3. The van der Waals surface area contributed by atoms with Crippen LogP contribution < -0.4 is 5.32 Å². The van der Waals surface area contributed by atoms with Gasteiger partial charge in [0.2, 0.25) is 0 Å². The zero-order valence-corrected chi connectivity index (χ0v) is 11.1. The van der Waals surface area contributed by atoms with Crippen LogP contribution in [0.25, 0.3) is 0 Å². The molecular formula is C13H15ClN2O2. The van der Waals surface area contributed by atoms with Crippen molar-refractivity contribution in [3.8, 4) is 12.3 Å². The van der Waals surface area contributed by atoms with E-state index in [0.29, 0.717) is 12.5 Å². The van der Waals surface area contributed by atoms with Gasteiger partial charge in [-0.3, -0.25) is 15.4 Å². The van der Waals surface area contributed by atoms with Crippen molar-refractivity contribution < 1.29 is 4.92 Å². The molecule has 5 heteroatoms. The van der Waals surface area contributed by atoms with Gasteiger partial charge < -0.3 is 0 Å². The molecule has 0 aromatic heterocycles. The highest BCUT2D eigenvalue weighted by atomic mass is 35.5. The summed E-state index contributed by atoms with van der Waals surface area (Å²) in [6.07, 6.45) is 5.40. The molecule has 0 aliphatic carbocycles. The number of benzene rings is 1. The molecular weight excluding hydrogens is 252 g/mol. The summed E-state index contributed by atoms with van der Waals surface area (Å²) in [6, 6.07) is 4.68. The molecule has 1 rings (SSSR count). The van der Waals surface area contributed by atoms with Gasteiger partial charge in [0, 0.05) is 12.6 Å². The normalized spacial score (nSPS) is 12.2. The van der Waals surface area contributed by atoms with E-state index in [2.05, 4.69) is 11.2 Å². The molecule has 0 aliphatic heterocycles. The second-order valence-electron chi connectivity index (χ2n) is 4.31. The Morgan fingerprint density at radius 3 is 2.72 bits per heavy atom. The van der Waals surface area contributed by atoms with Crippen LogP contribution in [0, 0.1) is 28.4 Å². The van der Waals surface area contributed by atoms with Crippen LogP contribution in [0.3, 0.4) is 0 Å². The Kier molecular flexibility index (Phi) is 5.14. The lowest BCUT2D eigenvalue weighted by molar-refractivity contribution is -0.384. The number of rotatable bonds is 5. The SMILES string of the molecule is C#CC(NCc1ccc(Cl)c([N+](=O)[O-])c1)C(C)C. The lowest BCUT2D eigenvalue weighted by Crippen LogP contribution is -2.31. The predicted octanol–water partition coefficient (Wildman–Crippen LogP) is 3.00. The monoisotopic (exact) mass is 266 g/mol. The first-order valence-corrected chi connectivity index (χ1v) is 5.95. The largest absolute Gasteiger partial charge is 0.299 e. The van der Waals surface area contributed by atoms with Crippen molar-refractivity contribution in [3.63, 3.8) is 0 Å². The third-order valence-corrected chi connectivity index (χ3v) is 2.90. The predicted molar refractivity (Wildman–Crippen MR) is 72.4 cm³/mol. The molecule has 96 valence electrons. The number of nitro groups is 1. The summed E-state index contributed by atoms with van der Waals surface area (Å²) in [5.41, 5.74) is 0.699. The lowest BCUT2D eigenvalue weighted by Gasteiger charge is -2.16. The minimum absolute atomic E-state index is 0.0558. The van der Waals surface area contributed by atoms with Crippen molar-refractivity contribution in [1.29, 1.82) is 0 Å². The molecule has 0 fully saturated rings. The molecule has 0 heterocycles. The van der Waals surface area contributed by atoms with E-state index >= 15 is 0 Å². The van der Waals surface area contributed by atoms with Crippen LogP contribution in [0.15, 0.2) is 18.2 Å². The fraction of sp³-hybridized carbons (Fsp3) is 0.385. The van der Waals surface area contributed by atoms with E-state index in [1.54, 1.807) is 6.07 Å². The van der Waals surface area contributed by atoms with Gasteiger partial charge in [-0.2, -0.15) is 0 Å². The third-order valence-electron chi connectivity index (χ3n) is 2.58. The Balaban J connectivity index is 2.78. The number of halogens is 1. The van der Waals surface area contributed by atoms with Crippen molar-refractivity contribution in [2.75, 3.05) is 0 Å². The molecule has 0 aliphatic rings. The van der Waals surface area contributed by atoms with Gasteiger partial charge in [-0.15, -0.1) is 6.42 Å². The fourth-order valence-electron chi connectivity index (χ4n) is 1.52. The lowest BCUT2D eigenvalue weighted by atomic mass is 10.0. The second-order valence-corrected chi connectivity index (χ2v) is 4.72. The fourth-order valence-corrected chi connectivity index (χ4v) is 1.71. The molecule has 0 bridgehead atoms. The van der Waals surface area contributed by atoms with Crippen molar-refractivity contribution in [2.45, 2.75) is 26.4 Å². The molecule has 1 atom stereocenters. The highest BCUT2D eigenvalue weighted by Gasteiger charge is 2.14. The summed E-state index contributed by atoms with van der Waals surface area (Å²) in [7, 11) is 0. The molecule has 1 unspecified atom stereocenters. The summed E-state index contributed by atoms with van der Waals surface area (Å²) < 4.78 is 0. The first-order valence-electron chi connectivity index (χ1n) is 5.58. The van der Waals surface area contributed by atoms with Crippen molar-refractivity contribution in [3.05, 3.63) is 38.9 Å². The molecule has 0 radical (unpaired) electrons. The summed E-state index contributed by atoms with van der Waals surface area (Å²) >= 11 is 5.74. The first kappa shape index (κ1) is 14.5. The Morgan fingerprint density at radius 1 is 1.56 bits per heavy atom. The van der Waals surface area contributed by atoms with Gasteiger partial charge in [-0.25, -0.2) is 0 Å². The van der Waals surface area contributed by atoms with Crippen LogP contribution in [0.2, 0.25) is 5.02 Å². The minimum atomic E-state index is -0.493. The Morgan fingerprint density at radius 2 is 2.22 bits per heavy atom. The van der Waals surface area contributed by atoms with Crippen LogP contribution in [0.1, 0.15) is 19.4 Å². The summed E-state index contributed by atoms with van der Waals surface area (Å²) in [6.45, 7) is 4.51. The molecule has 0 saturated heterocycles. The first-order chi connectivity index (χ1) is 8.45. The van der Waals surface area contributed by atoms with Crippen molar-refractivity contribution >= 4 is 17.3 Å². The maximum Gasteiger partial charge on any atom is 0.288 e. The van der Waals surface area contributed by atoms with Crippen molar-refractivity contribution in [2.24, 2.45) is 5.92 Å². The quantitative estimate of drug-likeness (QED) is 0.506. The van der Waals surface area contributed by atoms with Crippen LogP contribution in [0.4, 0.5) is 5.69 Å². The molecule has 1 N–H and O–H groups in total. The van der Waals surface area contributed by atoms with Crippen LogP contribution in [-0.4, -0.2) is 11.0 Å². The Bertz CT molecular complexity index is 480. The number of terminal acetylenes is 1. The van der Waals surface area contributed by atoms with E-state index in [-0.39, 0.29) is 16.8 Å². The average Bonchev–Trinajstić information content (AvgIpc) is 2.31. The molecule has 0 spiro atoms. The highest BCUT2D eigenvalue weighted by Crippen LogP contribution is 2.25. The topological polar surface area (TPSA) is 55.2 Å². The number of nitro benzene ring substituents is 1.